The van der Waals surface area contributed by atoms with Crippen LogP contribution in [-0.4, -0.2) is 44.6 Å². The number of ether oxygens (including phenoxy) is 5. The predicted octanol–water partition coefficient (Wildman–Crippen LogP) is 5.91. The van der Waals surface area contributed by atoms with Crippen molar-refractivity contribution in [2.75, 3.05) is 19.8 Å². The molecule has 3 aromatic carbocycles. The molecule has 0 radical (unpaired) electrons. The molecule has 5 atom stereocenters. The van der Waals surface area contributed by atoms with Crippen molar-refractivity contribution < 1.29 is 23.7 Å². The smallest absolute Gasteiger partial charge is 0.158 e. The van der Waals surface area contributed by atoms with E-state index in [0.29, 0.717) is 25.7 Å². The van der Waals surface area contributed by atoms with Crippen molar-refractivity contribution >= 4 is 0 Å². The van der Waals surface area contributed by atoms with Crippen LogP contribution in [0.5, 0.6) is 0 Å². The molecule has 0 bridgehead atoms. The molecule has 3 aromatic rings. The van der Waals surface area contributed by atoms with Crippen LogP contribution in [0.1, 0.15) is 43.4 Å². The van der Waals surface area contributed by atoms with Crippen LogP contribution in [-0.2, 0) is 29.3 Å². The van der Waals surface area contributed by atoms with Gasteiger partial charge in [-0.25, -0.2) is 0 Å². The topological polar surface area (TPSA) is 46.2 Å². The number of benzene rings is 3. The summed E-state index contributed by atoms with van der Waals surface area (Å²) in [6.07, 6.45) is 0.801. The van der Waals surface area contributed by atoms with Crippen molar-refractivity contribution in [3.05, 3.63) is 108 Å². The van der Waals surface area contributed by atoms with Gasteiger partial charge in [-0.1, -0.05) is 91.0 Å². The molecule has 0 aromatic heterocycles. The summed E-state index contributed by atoms with van der Waals surface area (Å²) in [5, 5.41) is 0. The van der Waals surface area contributed by atoms with Crippen LogP contribution in [0, 0.1) is 5.92 Å². The van der Waals surface area contributed by atoms with Crippen molar-refractivity contribution in [2.24, 2.45) is 5.92 Å². The summed E-state index contributed by atoms with van der Waals surface area (Å²) in [5.41, 5.74) is 2.39. The van der Waals surface area contributed by atoms with Gasteiger partial charge in [0.15, 0.2) is 12.6 Å². The second-order valence-electron chi connectivity index (χ2n) is 9.37. The van der Waals surface area contributed by atoms with Crippen LogP contribution in [0.3, 0.4) is 0 Å². The van der Waals surface area contributed by atoms with E-state index in [2.05, 4.69) is 72.8 Å². The van der Waals surface area contributed by atoms with Gasteiger partial charge in [0.2, 0.25) is 0 Å². The Morgan fingerprint density at radius 3 is 1.56 bits per heavy atom. The van der Waals surface area contributed by atoms with Crippen LogP contribution < -0.4 is 0 Å². The molecule has 5 rings (SSSR count). The van der Waals surface area contributed by atoms with Crippen LogP contribution in [0.15, 0.2) is 91.0 Å². The average Bonchev–Trinajstić information content (AvgIpc) is 3.34. The first-order chi connectivity index (χ1) is 17.7. The van der Waals surface area contributed by atoms with Gasteiger partial charge in [-0.2, -0.15) is 0 Å². The molecule has 2 heterocycles. The molecule has 5 nitrogen and oxygen atoms in total. The van der Waals surface area contributed by atoms with Gasteiger partial charge in [0, 0.05) is 26.1 Å². The lowest BCUT2D eigenvalue weighted by atomic mass is 9.80. The van der Waals surface area contributed by atoms with E-state index in [0.717, 1.165) is 29.5 Å². The molecular formula is C31H36O5. The molecule has 190 valence electrons. The van der Waals surface area contributed by atoms with Crippen LogP contribution in [0.4, 0.5) is 0 Å². The molecule has 0 aliphatic carbocycles. The van der Waals surface area contributed by atoms with E-state index in [1.54, 1.807) is 0 Å². The third-order valence-electron chi connectivity index (χ3n) is 7.17. The van der Waals surface area contributed by atoms with E-state index in [4.69, 9.17) is 23.7 Å². The zero-order valence-electron chi connectivity index (χ0n) is 21.1. The fourth-order valence-electron chi connectivity index (χ4n) is 5.62. The first kappa shape index (κ1) is 25.1. The Kier molecular flexibility index (Phi) is 8.15. The van der Waals surface area contributed by atoms with E-state index in [9.17, 15) is 0 Å². The molecule has 0 saturated carbocycles. The summed E-state index contributed by atoms with van der Waals surface area (Å²) in [6.45, 7) is 5.58. The van der Waals surface area contributed by atoms with Crippen molar-refractivity contribution in [1.82, 2.24) is 0 Å². The van der Waals surface area contributed by atoms with Crippen LogP contribution in [0.25, 0.3) is 0 Å². The summed E-state index contributed by atoms with van der Waals surface area (Å²) < 4.78 is 31.6. The van der Waals surface area contributed by atoms with Gasteiger partial charge in [-0.15, -0.1) is 0 Å². The molecule has 2 saturated heterocycles. The number of rotatable bonds is 10. The zero-order valence-corrected chi connectivity index (χ0v) is 21.1. The van der Waals surface area contributed by atoms with Gasteiger partial charge >= 0.3 is 0 Å². The zero-order chi connectivity index (χ0) is 24.8. The molecule has 0 spiro atoms. The minimum Gasteiger partial charge on any atom is -0.358 e. The lowest BCUT2D eigenvalue weighted by molar-refractivity contribution is -0.257. The Balaban J connectivity index is 1.51. The van der Waals surface area contributed by atoms with Crippen molar-refractivity contribution in [1.29, 1.82) is 0 Å². The fourth-order valence-corrected chi connectivity index (χ4v) is 5.62. The highest BCUT2D eigenvalue weighted by atomic mass is 16.7. The highest BCUT2D eigenvalue weighted by Gasteiger charge is 2.48. The largest absolute Gasteiger partial charge is 0.358 e. The van der Waals surface area contributed by atoms with Gasteiger partial charge in [0.1, 0.15) is 11.7 Å². The van der Waals surface area contributed by atoms with Crippen molar-refractivity contribution in [2.45, 2.75) is 57.1 Å². The summed E-state index contributed by atoms with van der Waals surface area (Å²) in [6, 6.07) is 31.2. The Labute approximate surface area is 214 Å². The monoisotopic (exact) mass is 488 g/mol. The highest BCUT2D eigenvalue weighted by Crippen LogP contribution is 2.43. The fraction of sp³-hybridized carbons (Fsp3) is 0.419. The minimum atomic E-state index is -0.806. The lowest BCUT2D eigenvalue weighted by Crippen LogP contribution is -2.48. The Bertz CT molecular complexity index is 961. The highest BCUT2D eigenvalue weighted by molar-refractivity contribution is 5.47. The Morgan fingerprint density at radius 1 is 0.667 bits per heavy atom. The molecule has 2 aliphatic rings. The van der Waals surface area contributed by atoms with Crippen molar-refractivity contribution in [3.63, 3.8) is 0 Å². The molecule has 0 N–H and O–H groups in total. The Morgan fingerprint density at radius 2 is 1.11 bits per heavy atom. The van der Waals surface area contributed by atoms with Gasteiger partial charge in [0.05, 0.1) is 12.7 Å². The number of hydrogen-bond donors (Lipinski definition) is 0. The minimum absolute atomic E-state index is 0.0988. The van der Waals surface area contributed by atoms with Crippen LogP contribution >= 0.6 is 0 Å². The first-order valence-electron chi connectivity index (χ1n) is 13.1. The van der Waals surface area contributed by atoms with Crippen molar-refractivity contribution in [3.8, 4) is 0 Å². The first-order valence-corrected chi connectivity index (χ1v) is 13.1. The van der Waals surface area contributed by atoms with E-state index in [1.165, 1.54) is 0 Å². The number of fused-ring (bicyclic) bond motifs is 1. The average molecular weight is 489 g/mol. The molecular weight excluding hydrogens is 452 g/mol. The molecule has 2 fully saturated rings. The summed E-state index contributed by atoms with van der Waals surface area (Å²) in [5.74, 6) is 0.306. The van der Waals surface area contributed by atoms with Gasteiger partial charge in [-0.05, 0) is 36.5 Å². The van der Waals surface area contributed by atoms with E-state index in [1.807, 2.05) is 32.0 Å². The third-order valence-corrected chi connectivity index (χ3v) is 7.17. The van der Waals surface area contributed by atoms with Crippen LogP contribution in [0.2, 0.25) is 0 Å². The molecule has 5 heteroatoms. The maximum atomic E-state index is 7.06. The molecule has 0 unspecified atom stereocenters. The van der Waals surface area contributed by atoms with Gasteiger partial charge in [-0.3, -0.25) is 0 Å². The maximum Gasteiger partial charge on any atom is 0.158 e. The summed E-state index contributed by atoms with van der Waals surface area (Å²) >= 11 is 0. The summed E-state index contributed by atoms with van der Waals surface area (Å²) in [4.78, 5) is 0. The predicted molar refractivity (Wildman–Crippen MR) is 138 cm³/mol. The van der Waals surface area contributed by atoms with Gasteiger partial charge in [0.25, 0.3) is 0 Å². The van der Waals surface area contributed by atoms with Gasteiger partial charge < -0.3 is 23.7 Å². The molecule has 36 heavy (non-hydrogen) atoms. The standard InChI is InChI=1S/C31H36O5/c1-3-32-28-20-23-21-29(33-4-2)36-30(23)27(35-28)22-34-31(24-14-8-5-9-15-24,25-16-10-6-11-17-25)26-18-12-7-13-19-26/h5-19,23,27-30H,3-4,20-22H2,1-2H3/t23-,27+,28-,29+,30+/m0/s1. The van der Waals surface area contributed by atoms with E-state index >= 15 is 0 Å². The van der Waals surface area contributed by atoms with E-state index in [-0.39, 0.29) is 24.8 Å². The molecule has 2 aliphatic heterocycles. The quantitative estimate of drug-likeness (QED) is 0.332. The summed E-state index contributed by atoms with van der Waals surface area (Å²) in [7, 11) is 0. The number of hydrogen-bond acceptors (Lipinski definition) is 5. The third kappa shape index (κ3) is 5.13. The second kappa shape index (κ2) is 11.7. The maximum absolute atomic E-state index is 7.06. The second-order valence-corrected chi connectivity index (χ2v) is 9.37. The SMILES string of the molecule is CCO[C@H]1C[C@@H]2C[C@@H](OCC)O[C@H](COC(c3ccccc3)(c3ccccc3)c3ccccc3)[C@@H]2O1. The Hall–Kier alpha value is -2.54. The normalized spacial score (nSPS) is 26.0. The van der Waals surface area contributed by atoms with E-state index < -0.39 is 5.60 Å². The molecule has 0 amide bonds. The lowest BCUT2D eigenvalue weighted by Gasteiger charge is -2.41.